The molecular formula is C21H29ClN2O3. The zero-order chi connectivity index (χ0) is 18.9. The average Bonchev–Trinajstić information content (AvgIpc) is 2.65. The van der Waals surface area contributed by atoms with Crippen molar-refractivity contribution in [3.63, 3.8) is 0 Å². The lowest BCUT2D eigenvalue weighted by molar-refractivity contribution is -0.122. The van der Waals surface area contributed by atoms with Gasteiger partial charge in [0, 0.05) is 6.54 Å². The number of nitrogens with two attached hydrogens (primary N) is 1. The first kappa shape index (κ1) is 22.8. The summed E-state index contributed by atoms with van der Waals surface area (Å²) in [4.78, 5) is 12.2. The fraction of sp³-hybridized carbons (Fsp3) is 0.381. The number of amides is 1. The number of ether oxygens (including phenoxy) is 2. The number of nitrogens with one attached hydrogen (secondary N) is 1. The molecule has 1 atom stereocenters. The van der Waals surface area contributed by atoms with Crippen LogP contribution in [0, 0.1) is 6.92 Å². The van der Waals surface area contributed by atoms with Gasteiger partial charge < -0.3 is 20.5 Å². The third kappa shape index (κ3) is 6.77. The van der Waals surface area contributed by atoms with Gasteiger partial charge in [-0.25, -0.2) is 0 Å². The van der Waals surface area contributed by atoms with Crippen molar-refractivity contribution in [2.75, 3.05) is 20.3 Å². The Kier molecular flexibility index (Phi) is 9.68. The zero-order valence-corrected chi connectivity index (χ0v) is 17.0. The lowest BCUT2D eigenvalue weighted by Crippen LogP contribution is -2.34. The van der Waals surface area contributed by atoms with Crippen LogP contribution in [-0.4, -0.2) is 26.2 Å². The first-order valence-electron chi connectivity index (χ1n) is 8.94. The zero-order valence-electron chi connectivity index (χ0n) is 16.2. The summed E-state index contributed by atoms with van der Waals surface area (Å²) in [6.07, 6.45) is 1.66. The molecule has 0 aromatic heterocycles. The van der Waals surface area contributed by atoms with Crippen molar-refractivity contribution in [2.45, 2.75) is 32.7 Å². The first-order chi connectivity index (χ1) is 12.5. The molecule has 6 heteroatoms. The van der Waals surface area contributed by atoms with Gasteiger partial charge in [-0.15, -0.1) is 12.4 Å². The van der Waals surface area contributed by atoms with E-state index in [9.17, 15) is 4.79 Å². The van der Waals surface area contributed by atoms with E-state index < -0.39 is 6.04 Å². The highest BCUT2D eigenvalue weighted by Gasteiger charge is 2.14. The maximum atomic E-state index is 12.2. The van der Waals surface area contributed by atoms with Crippen LogP contribution in [0.4, 0.5) is 0 Å². The minimum Gasteiger partial charge on any atom is -0.493 e. The summed E-state index contributed by atoms with van der Waals surface area (Å²) >= 11 is 0. The second-order valence-electron chi connectivity index (χ2n) is 6.20. The van der Waals surface area contributed by atoms with Crippen molar-refractivity contribution in [2.24, 2.45) is 5.73 Å². The van der Waals surface area contributed by atoms with Crippen LogP contribution in [0.15, 0.2) is 42.5 Å². The molecule has 2 aromatic rings. The molecule has 0 saturated heterocycles. The standard InChI is InChI=1S/C21H28N2O3.ClH/c1-4-26-19-14-16(9-12-18(19)25-3)6-5-13-23-21(24)20(22)17-10-7-15(2)8-11-17;/h7-12,14,20H,4-6,13,22H2,1-3H3,(H,23,24);1H. The van der Waals surface area contributed by atoms with Gasteiger partial charge in [0.05, 0.1) is 13.7 Å². The van der Waals surface area contributed by atoms with Crippen LogP contribution in [0.3, 0.4) is 0 Å². The minimum absolute atomic E-state index is 0. The van der Waals surface area contributed by atoms with E-state index in [2.05, 4.69) is 5.32 Å². The van der Waals surface area contributed by atoms with Crippen LogP contribution in [0.25, 0.3) is 0 Å². The van der Waals surface area contributed by atoms with Crippen LogP contribution in [0.2, 0.25) is 0 Å². The summed E-state index contributed by atoms with van der Waals surface area (Å²) in [5.74, 6) is 1.32. The van der Waals surface area contributed by atoms with E-state index in [4.69, 9.17) is 15.2 Å². The van der Waals surface area contributed by atoms with Crippen molar-refractivity contribution in [3.05, 3.63) is 59.2 Å². The monoisotopic (exact) mass is 392 g/mol. The number of carbonyl (C=O) groups excluding carboxylic acids is 1. The SMILES string of the molecule is CCOc1cc(CCCNC(=O)C(N)c2ccc(C)cc2)ccc1OC.Cl. The Balaban J connectivity index is 0.00000364. The summed E-state index contributed by atoms with van der Waals surface area (Å²) in [5, 5.41) is 2.91. The van der Waals surface area contributed by atoms with Crippen LogP contribution < -0.4 is 20.5 Å². The fourth-order valence-corrected chi connectivity index (χ4v) is 2.68. The van der Waals surface area contributed by atoms with E-state index in [0.717, 1.165) is 41.0 Å². The molecule has 0 radical (unpaired) electrons. The Labute approximate surface area is 167 Å². The number of benzene rings is 2. The van der Waals surface area contributed by atoms with Gasteiger partial charge in [-0.3, -0.25) is 4.79 Å². The van der Waals surface area contributed by atoms with Crippen molar-refractivity contribution in [1.29, 1.82) is 0 Å². The van der Waals surface area contributed by atoms with Gasteiger partial charge in [0.2, 0.25) is 5.91 Å². The molecule has 5 nitrogen and oxygen atoms in total. The number of hydrogen-bond acceptors (Lipinski definition) is 4. The summed E-state index contributed by atoms with van der Waals surface area (Å²) in [5.41, 5.74) is 9.14. The van der Waals surface area contributed by atoms with E-state index in [1.54, 1.807) is 7.11 Å². The molecule has 0 fully saturated rings. The number of aryl methyl sites for hydroxylation is 2. The molecule has 2 rings (SSSR count). The summed E-state index contributed by atoms with van der Waals surface area (Å²) in [6, 6.07) is 13.0. The molecule has 27 heavy (non-hydrogen) atoms. The summed E-state index contributed by atoms with van der Waals surface area (Å²) in [7, 11) is 1.63. The van der Waals surface area contributed by atoms with Crippen molar-refractivity contribution in [1.82, 2.24) is 5.32 Å². The smallest absolute Gasteiger partial charge is 0.241 e. The minimum atomic E-state index is -0.638. The summed E-state index contributed by atoms with van der Waals surface area (Å²) < 4.78 is 10.9. The van der Waals surface area contributed by atoms with E-state index in [-0.39, 0.29) is 18.3 Å². The third-order valence-corrected chi connectivity index (χ3v) is 4.19. The molecule has 148 valence electrons. The van der Waals surface area contributed by atoms with Crippen molar-refractivity contribution >= 4 is 18.3 Å². The molecule has 0 aliphatic rings. The Bertz CT molecular complexity index is 720. The van der Waals surface area contributed by atoms with E-state index in [0.29, 0.717) is 13.2 Å². The molecule has 0 heterocycles. The molecular weight excluding hydrogens is 364 g/mol. The fourth-order valence-electron chi connectivity index (χ4n) is 2.68. The Morgan fingerprint density at radius 1 is 1.15 bits per heavy atom. The second kappa shape index (κ2) is 11.5. The Morgan fingerprint density at radius 3 is 2.48 bits per heavy atom. The molecule has 1 unspecified atom stereocenters. The van der Waals surface area contributed by atoms with Gasteiger partial charge in [0.15, 0.2) is 11.5 Å². The lowest BCUT2D eigenvalue weighted by atomic mass is 10.1. The molecule has 0 spiro atoms. The maximum Gasteiger partial charge on any atom is 0.241 e. The van der Waals surface area contributed by atoms with Crippen molar-refractivity contribution < 1.29 is 14.3 Å². The second-order valence-corrected chi connectivity index (χ2v) is 6.20. The highest BCUT2D eigenvalue weighted by molar-refractivity contribution is 5.85. The molecule has 0 aliphatic heterocycles. The Hall–Kier alpha value is -2.24. The number of halogens is 1. The van der Waals surface area contributed by atoms with Gasteiger partial charge in [-0.2, -0.15) is 0 Å². The predicted molar refractivity (Wildman–Crippen MR) is 111 cm³/mol. The van der Waals surface area contributed by atoms with Crippen LogP contribution >= 0.6 is 12.4 Å². The van der Waals surface area contributed by atoms with Gasteiger partial charge in [0.1, 0.15) is 6.04 Å². The highest BCUT2D eigenvalue weighted by atomic mass is 35.5. The molecule has 0 bridgehead atoms. The first-order valence-corrected chi connectivity index (χ1v) is 8.94. The van der Waals surface area contributed by atoms with Gasteiger partial charge in [0.25, 0.3) is 0 Å². The lowest BCUT2D eigenvalue weighted by Gasteiger charge is -2.13. The number of hydrogen-bond donors (Lipinski definition) is 2. The van der Waals surface area contributed by atoms with Crippen LogP contribution in [0.5, 0.6) is 11.5 Å². The topological polar surface area (TPSA) is 73.6 Å². The van der Waals surface area contributed by atoms with Gasteiger partial charge in [-0.05, 0) is 49.9 Å². The van der Waals surface area contributed by atoms with E-state index >= 15 is 0 Å². The van der Waals surface area contributed by atoms with Crippen LogP contribution in [-0.2, 0) is 11.2 Å². The van der Waals surface area contributed by atoms with Crippen molar-refractivity contribution in [3.8, 4) is 11.5 Å². The molecule has 3 N–H and O–H groups in total. The normalized spacial score (nSPS) is 11.3. The Morgan fingerprint density at radius 2 is 1.85 bits per heavy atom. The van der Waals surface area contributed by atoms with Crippen LogP contribution in [0.1, 0.15) is 36.1 Å². The molecule has 0 aliphatic carbocycles. The molecule has 0 saturated carbocycles. The third-order valence-electron chi connectivity index (χ3n) is 4.19. The highest BCUT2D eigenvalue weighted by Crippen LogP contribution is 2.28. The molecule has 1 amide bonds. The van der Waals surface area contributed by atoms with E-state index in [1.807, 2.05) is 56.3 Å². The van der Waals surface area contributed by atoms with Gasteiger partial charge in [-0.1, -0.05) is 35.9 Å². The predicted octanol–water partition coefficient (Wildman–Crippen LogP) is 3.57. The largest absolute Gasteiger partial charge is 0.493 e. The summed E-state index contributed by atoms with van der Waals surface area (Å²) in [6.45, 7) is 5.12. The number of rotatable bonds is 9. The number of carbonyl (C=O) groups is 1. The number of methoxy groups -OCH3 is 1. The maximum absolute atomic E-state index is 12.2. The quantitative estimate of drug-likeness (QED) is 0.640. The molecule has 2 aromatic carbocycles. The van der Waals surface area contributed by atoms with Gasteiger partial charge >= 0.3 is 0 Å². The average molecular weight is 393 g/mol. The van der Waals surface area contributed by atoms with E-state index in [1.165, 1.54) is 0 Å².